The van der Waals surface area contributed by atoms with E-state index in [-0.39, 0.29) is 17.4 Å². The fraction of sp³-hybridized carbons (Fsp3) is 0.318. The second kappa shape index (κ2) is 9.01. The lowest BCUT2D eigenvalue weighted by Crippen LogP contribution is -2.24. The van der Waals surface area contributed by atoms with Crippen LogP contribution in [0.15, 0.2) is 58.4 Å². The van der Waals surface area contributed by atoms with E-state index in [9.17, 15) is 9.59 Å². The molecule has 0 spiro atoms. The van der Waals surface area contributed by atoms with Crippen LogP contribution < -0.4 is 10.9 Å². The van der Waals surface area contributed by atoms with Gasteiger partial charge in [-0.25, -0.2) is 4.98 Å². The van der Waals surface area contributed by atoms with Gasteiger partial charge in [-0.1, -0.05) is 43.0 Å². The van der Waals surface area contributed by atoms with Gasteiger partial charge >= 0.3 is 0 Å². The van der Waals surface area contributed by atoms with E-state index in [4.69, 9.17) is 11.6 Å². The highest BCUT2D eigenvalue weighted by Crippen LogP contribution is 2.31. The van der Waals surface area contributed by atoms with Crippen molar-refractivity contribution in [3.8, 4) is 0 Å². The van der Waals surface area contributed by atoms with Gasteiger partial charge in [-0.2, -0.15) is 0 Å². The molecule has 1 aliphatic rings. The van der Waals surface area contributed by atoms with Crippen LogP contribution in [0.5, 0.6) is 0 Å². The Hall–Kier alpha value is -2.31. The van der Waals surface area contributed by atoms with Crippen molar-refractivity contribution < 1.29 is 4.79 Å². The molecule has 0 unspecified atom stereocenters. The Balaban J connectivity index is 1.49. The minimum absolute atomic E-state index is 0.107. The van der Waals surface area contributed by atoms with Gasteiger partial charge < -0.3 is 5.32 Å². The quantitative estimate of drug-likeness (QED) is 0.571. The largest absolute Gasteiger partial charge is 0.325 e. The van der Waals surface area contributed by atoms with E-state index in [0.717, 1.165) is 36.3 Å². The maximum atomic E-state index is 12.6. The molecule has 7 heteroatoms. The van der Waals surface area contributed by atoms with E-state index >= 15 is 0 Å². The van der Waals surface area contributed by atoms with Gasteiger partial charge in [-0.3, -0.25) is 14.0 Å². The van der Waals surface area contributed by atoms with Crippen LogP contribution in [0, 0.1) is 5.92 Å². The monoisotopic (exact) mass is 427 g/mol. The Labute approximate surface area is 178 Å². The zero-order valence-electron chi connectivity index (χ0n) is 15.9. The molecule has 4 rings (SSSR count). The number of amides is 1. The molecule has 1 N–H and O–H groups in total. The number of hydrogen-bond donors (Lipinski definition) is 1. The van der Waals surface area contributed by atoms with Gasteiger partial charge in [0, 0.05) is 28.8 Å². The number of nitrogens with one attached hydrogen (secondary N) is 1. The number of hydrogen-bond acceptors (Lipinski definition) is 4. The van der Waals surface area contributed by atoms with E-state index in [1.807, 2.05) is 24.3 Å². The minimum Gasteiger partial charge on any atom is -0.325 e. The van der Waals surface area contributed by atoms with Crippen LogP contribution in [0.25, 0.3) is 5.65 Å². The molecule has 0 aliphatic heterocycles. The Kier molecular flexibility index (Phi) is 6.21. The van der Waals surface area contributed by atoms with E-state index in [0.29, 0.717) is 22.1 Å². The van der Waals surface area contributed by atoms with Gasteiger partial charge in [0.2, 0.25) is 5.91 Å². The summed E-state index contributed by atoms with van der Waals surface area (Å²) in [6.07, 6.45) is 6.98. The standard InChI is InChI=1S/C22H22ClN3O2S/c23-16-10-11-20-24-17(12-21(27)26(20)13-16)14-29-19-9-5-4-8-18(19)25-22(28)15-6-2-1-3-7-15/h4-5,8-13,15H,1-3,6-7,14H2,(H,25,28). The van der Waals surface area contributed by atoms with Gasteiger partial charge in [-0.05, 0) is 37.1 Å². The predicted octanol–water partition coefficient (Wildman–Crippen LogP) is 5.16. The van der Waals surface area contributed by atoms with Crippen molar-refractivity contribution >= 4 is 40.6 Å². The highest BCUT2D eigenvalue weighted by Gasteiger charge is 2.21. The second-order valence-corrected chi connectivity index (χ2v) is 8.72. The number of halogens is 1. The first-order valence-electron chi connectivity index (χ1n) is 9.81. The third kappa shape index (κ3) is 4.82. The molecular formula is C22H22ClN3O2S. The zero-order chi connectivity index (χ0) is 20.2. The Morgan fingerprint density at radius 3 is 2.79 bits per heavy atom. The zero-order valence-corrected chi connectivity index (χ0v) is 17.5. The topological polar surface area (TPSA) is 63.5 Å². The van der Waals surface area contributed by atoms with E-state index in [1.54, 1.807) is 30.1 Å². The predicted molar refractivity (Wildman–Crippen MR) is 118 cm³/mol. The SMILES string of the molecule is O=C(Nc1ccccc1SCc1cc(=O)n2cc(Cl)ccc2n1)C1CCCCC1. The molecule has 2 aromatic heterocycles. The van der Waals surface area contributed by atoms with Crippen LogP contribution in [0.4, 0.5) is 5.69 Å². The summed E-state index contributed by atoms with van der Waals surface area (Å²) in [5, 5.41) is 3.59. The third-order valence-corrected chi connectivity index (χ3v) is 6.50. The van der Waals surface area contributed by atoms with Crippen molar-refractivity contribution in [3.63, 3.8) is 0 Å². The molecule has 0 bridgehead atoms. The summed E-state index contributed by atoms with van der Waals surface area (Å²) in [7, 11) is 0. The van der Waals surface area contributed by atoms with Gasteiger partial charge in [0.25, 0.3) is 5.56 Å². The Bertz CT molecular complexity index is 1090. The van der Waals surface area contributed by atoms with Gasteiger partial charge in [0.05, 0.1) is 16.4 Å². The summed E-state index contributed by atoms with van der Waals surface area (Å²) in [6.45, 7) is 0. The van der Waals surface area contributed by atoms with Crippen molar-refractivity contribution in [1.82, 2.24) is 9.38 Å². The van der Waals surface area contributed by atoms with E-state index < -0.39 is 0 Å². The van der Waals surface area contributed by atoms with Crippen LogP contribution in [0.1, 0.15) is 37.8 Å². The summed E-state index contributed by atoms with van der Waals surface area (Å²) < 4.78 is 1.44. The molecule has 0 atom stereocenters. The number of pyridine rings is 1. The fourth-order valence-corrected chi connectivity index (χ4v) is 4.71. The van der Waals surface area contributed by atoms with Crippen LogP contribution in [-0.2, 0) is 10.5 Å². The van der Waals surface area contributed by atoms with Crippen molar-refractivity contribution in [1.29, 1.82) is 0 Å². The minimum atomic E-state index is -0.160. The number of fused-ring (bicyclic) bond motifs is 1. The number of nitrogens with zero attached hydrogens (tertiary/aromatic N) is 2. The van der Waals surface area contributed by atoms with Crippen LogP contribution in [-0.4, -0.2) is 15.3 Å². The summed E-state index contributed by atoms with van der Waals surface area (Å²) in [5.74, 6) is 0.748. The summed E-state index contributed by atoms with van der Waals surface area (Å²) in [4.78, 5) is 30.5. The highest BCUT2D eigenvalue weighted by molar-refractivity contribution is 7.98. The lowest BCUT2D eigenvalue weighted by molar-refractivity contribution is -0.120. The highest BCUT2D eigenvalue weighted by atomic mass is 35.5. The molecular weight excluding hydrogens is 406 g/mol. The second-order valence-electron chi connectivity index (χ2n) is 7.27. The average molecular weight is 428 g/mol. The lowest BCUT2D eigenvalue weighted by Gasteiger charge is -2.21. The number of aromatic nitrogens is 2. The summed E-state index contributed by atoms with van der Waals surface area (Å²) >= 11 is 7.52. The first-order valence-corrected chi connectivity index (χ1v) is 11.2. The normalized spacial score (nSPS) is 14.8. The number of para-hydroxylation sites is 1. The number of thioether (sulfide) groups is 1. The number of rotatable bonds is 5. The third-order valence-electron chi connectivity index (χ3n) is 5.17. The maximum Gasteiger partial charge on any atom is 0.258 e. The summed E-state index contributed by atoms with van der Waals surface area (Å²) in [6, 6.07) is 12.8. The molecule has 0 saturated heterocycles. The summed E-state index contributed by atoms with van der Waals surface area (Å²) in [5.41, 5.74) is 1.91. The number of carbonyl (C=O) groups is 1. The molecule has 5 nitrogen and oxygen atoms in total. The smallest absolute Gasteiger partial charge is 0.258 e. The first kappa shape index (κ1) is 20.0. The molecule has 150 valence electrons. The van der Waals surface area contributed by atoms with Crippen molar-refractivity contribution in [3.05, 3.63) is 69.7 Å². The fourth-order valence-electron chi connectivity index (χ4n) is 3.65. The van der Waals surface area contributed by atoms with Crippen LogP contribution in [0.3, 0.4) is 0 Å². The number of benzene rings is 1. The molecule has 1 aliphatic carbocycles. The molecule has 2 heterocycles. The Morgan fingerprint density at radius 1 is 1.17 bits per heavy atom. The number of carbonyl (C=O) groups excluding carboxylic acids is 1. The average Bonchev–Trinajstić information content (AvgIpc) is 2.74. The number of anilines is 1. The van der Waals surface area contributed by atoms with Crippen molar-refractivity contribution in [2.75, 3.05) is 5.32 Å². The molecule has 3 aromatic rings. The Morgan fingerprint density at radius 2 is 1.97 bits per heavy atom. The molecule has 1 aromatic carbocycles. The molecule has 1 saturated carbocycles. The van der Waals surface area contributed by atoms with Crippen LogP contribution >= 0.6 is 23.4 Å². The van der Waals surface area contributed by atoms with E-state index in [1.165, 1.54) is 16.9 Å². The van der Waals surface area contributed by atoms with Crippen molar-refractivity contribution in [2.24, 2.45) is 5.92 Å². The van der Waals surface area contributed by atoms with Gasteiger partial charge in [-0.15, -0.1) is 11.8 Å². The van der Waals surface area contributed by atoms with E-state index in [2.05, 4.69) is 10.3 Å². The first-order chi connectivity index (χ1) is 14.1. The molecule has 29 heavy (non-hydrogen) atoms. The molecule has 1 fully saturated rings. The maximum absolute atomic E-state index is 12.6. The van der Waals surface area contributed by atoms with Gasteiger partial charge in [0.15, 0.2) is 0 Å². The lowest BCUT2D eigenvalue weighted by atomic mass is 9.88. The van der Waals surface area contributed by atoms with Crippen molar-refractivity contribution in [2.45, 2.75) is 42.8 Å². The molecule has 0 radical (unpaired) electrons. The van der Waals surface area contributed by atoms with Gasteiger partial charge in [0.1, 0.15) is 5.65 Å². The molecule has 1 amide bonds. The van der Waals surface area contributed by atoms with Crippen LogP contribution in [0.2, 0.25) is 5.02 Å².